The zero-order valence-corrected chi connectivity index (χ0v) is 14.4. The van der Waals surface area contributed by atoms with Gasteiger partial charge in [-0.15, -0.1) is 11.6 Å². The summed E-state index contributed by atoms with van der Waals surface area (Å²) in [7, 11) is -3.41. The molecule has 1 fully saturated rings. The molecule has 0 amide bonds. The zero-order chi connectivity index (χ0) is 15.5. The lowest BCUT2D eigenvalue weighted by Crippen LogP contribution is -2.34. The van der Waals surface area contributed by atoms with Crippen LogP contribution in [0.2, 0.25) is 0 Å². The largest absolute Gasteiger partial charge is 0.243 e. The highest BCUT2D eigenvalue weighted by Crippen LogP contribution is 2.26. The van der Waals surface area contributed by atoms with Gasteiger partial charge < -0.3 is 0 Å². The van der Waals surface area contributed by atoms with Crippen molar-refractivity contribution in [1.29, 1.82) is 0 Å². The molecule has 0 bridgehead atoms. The summed E-state index contributed by atoms with van der Waals surface area (Å²) in [5, 5.41) is 0. The Hall–Kier alpha value is -0.580. The van der Waals surface area contributed by atoms with Gasteiger partial charge in [-0.2, -0.15) is 4.31 Å². The van der Waals surface area contributed by atoms with Crippen LogP contribution in [0.1, 0.15) is 48.8 Å². The van der Waals surface area contributed by atoms with Gasteiger partial charge in [-0.05, 0) is 49.4 Å². The molecular formula is C16H24ClNO2S. The molecule has 0 unspecified atom stereocenters. The van der Waals surface area contributed by atoms with Gasteiger partial charge in [-0.25, -0.2) is 8.42 Å². The summed E-state index contributed by atoms with van der Waals surface area (Å²) in [6, 6.07) is 3.71. The van der Waals surface area contributed by atoms with E-state index in [0.717, 1.165) is 42.4 Å². The fourth-order valence-corrected chi connectivity index (χ4v) is 4.86. The minimum absolute atomic E-state index is 0.337. The third kappa shape index (κ3) is 3.79. The molecule has 1 aliphatic heterocycles. The number of aryl methyl sites for hydroxylation is 1. The van der Waals surface area contributed by atoms with Gasteiger partial charge in [0.2, 0.25) is 10.0 Å². The molecule has 0 saturated carbocycles. The van der Waals surface area contributed by atoms with E-state index in [1.165, 1.54) is 6.42 Å². The first-order valence-corrected chi connectivity index (χ1v) is 9.60. The number of benzene rings is 1. The van der Waals surface area contributed by atoms with Crippen LogP contribution < -0.4 is 0 Å². The molecule has 2 rings (SSSR count). The van der Waals surface area contributed by atoms with Crippen LogP contribution in [0.15, 0.2) is 17.0 Å². The van der Waals surface area contributed by atoms with Gasteiger partial charge in [0, 0.05) is 19.0 Å². The van der Waals surface area contributed by atoms with Gasteiger partial charge in [-0.3, -0.25) is 0 Å². The first-order valence-electron chi connectivity index (χ1n) is 7.63. The monoisotopic (exact) mass is 329 g/mol. The normalized spacial score (nSPS) is 18.2. The number of sulfonamides is 1. The Morgan fingerprint density at radius 3 is 2.19 bits per heavy atom. The van der Waals surface area contributed by atoms with E-state index in [1.807, 2.05) is 19.9 Å². The van der Waals surface area contributed by atoms with E-state index in [-0.39, 0.29) is 0 Å². The maximum Gasteiger partial charge on any atom is 0.243 e. The minimum Gasteiger partial charge on any atom is -0.207 e. The van der Waals surface area contributed by atoms with Crippen molar-refractivity contribution in [1.82, 2.24) is 4.31 Å². The molecule has 21 heavy (non-hydrogen) atoms. The molecular weight excluding hydrogens is 306 g/mol. The number of alkyl halides is 1. The molecule has 0 radical (unpaired) electrons. The van der Waals surface area contributed by atoms with Gasteiger partial charge in [0.15, 0.2) is 0 Å². The van der Waals surface area contributed by atoms with E-state index in [2.05, 4.69) is 0 Å². The van der Waals surface area contributed by atoms with E-state index >= 15 is 0 Å². The third-order valence-corrected chi connectivity index (χ3v) is 6.60. The van der Waals surface area contributed by atoms with Crippen LogP contribution in [-0.2, 0) is 15.9 Å². The number of halogens is 1. The summed E-state index contributed by atoms with van der Waals surface area (Å²) in [6.45, 7) is 5.08. The lowest BCUT2D eigenvalue weighted by Gasteiger charge is -2.25. The smallest absolute Gasteiger partial charge is 0.207 e. The summed E-state index contributed by atoms with van der Waals surface area (Å²) < 4.78 is 27.6. The Bertz CT molecular complexity index is 591. The predicted molar refractivity (Wildman–Crippen MR) is 87.3 cm³/mol. The number of nitrogens with zero attached hydrogens (tertiary/aromatic N) is 1. The fraction of sp³-hybridized carbons (Fsp3) is 0.625. The van der Waals surface area contributed by atoms with Crippen molar-refractivity contribution < 1.29 is 8.42 Å². The molecule has 5 heteroatoms. The lowest BCUT2D eigenvalue weighted by atomic mass is 10.1. The van der Waals surface area contributed by atoms with E-state index < -0.39 is 10.0 Å². The van der Waals surface area contributed by atoms with Crippen molar-refractivity contribution in [3.05, 3.63) is 28.8 Å². The standard InChI is InChI=1S/C16H24ClNO2S/c1-13-10-15(12-17)11-16(14(13)2)21(19,20)18-8-6-4-3-5-7-9-18/h10-11H,3-9,12H2,1-2H3. The van der Waals surface area contributed by atoms with Crippen molar-refractivity contribution in [2.75, 3.05) is 13.1 Å². The first-order chi connectivity index (χ1) is 9.96. The van der Waals surface area contributed by atoms with Crippen molar-refractivity contribution in [3.8, 4) is 0 Å². The quantitative estimate of drug-likeness (QED) is 0.786. The predicted octanol–water partition coefficient (Wildman–Crippen LogP) is 4.00. The van der Waals surface area contributed by atoms with Crippen LogP contribution >= 0.6 is 11.6 Å². The highest BCUT2D eigenvalue weighted by atomic mass is 35.5. The second kappa shape index (κ2) is 7.12. The van der Waals surface area contributed by atoms with Gasteiger partial charge >= 0.3 is 0 Å². The Morgan fingerprint density at radius 1 is 1.05 bits per heavy atom. The SMILES string of the molecule is Cc1cc(CCl)cc(S(=O)(=O)N2CCCCCCC2)c1C. The second-order valence-corrected chi connectivity index (χ2v) is 8.01. The van der Waals surface area contributed by atoms with Gasteiger partial charge in [0.25, 0.3) is 0 Å². The third-order valence-electron chi connectivity index (χ3n) is 4.27. The molecule has 0 atom stereocenters. The van der Waals surface area contributed by atoms with Crippen LogP contribution in [0, 0.1) is 13.8 Å². The van der Waals surface area contributed by atoms with E-state index in [1.54, 1.807) is 10.4 Å². The molecule has 0 aromatic heterocycles. The second-order valence-electron chi connectivity index (χ2n) is 5.84. The van der Waals surface area contributed by atoms with Crippen molar-refractivity contribution in [2.24, 2.45) is 0 Å². The Kier molecular flexibility index (Phi) is 5.69. The Morgan fingerprint density at radius 2 is 1.62 bits per heavy atom. The van der Waals surface area contributed by atoms with E-state index in [4.69, 9.17) is 11.6 Å². The van der Waals surface area contributed by atoms with E-state index in [9.17, 15) is 8.42 Å². The Labute approximate surface area is 133 Å². The molecule has 0 aliphatic carbocycles. The summed E-state index contributed by atoms with van der Waals surface area (Å²) >= 11 is 5.90. The molecule has 118 valence electrons. The lowest BCUT2D eigenvalue weighted by molar-refractivity contribution is 0.364. The maximum absolute atomic E-state index is 13.0. The van der Waals surface area contributed by atoms with Crippen LogP contribution in [0.5, 0.6) is 0 Å². The van der Waals surface area contributed by atoms with Crippen molar-refractivity contribution in [3.63, 3.8) is 0 Å². The molecule has 3 nitrogen and oxygen atoms in total. The fourth-order valence-electron chi connectivity index (χ4n) is 2.84. The number of hydrogen-bond donors (Lipinski definition) is 0. The zero-order valence-electron chi connectivity index (χ0n) is 12.9. The maximum atomic E-state index is 13.0. The highest BCUT2D eigenvalue weighted by molar-refractivity contribution is 7.89. The van der Waals surface area contributed by atoms with Crippen LogP contribution in [0.4, 0.5) is 0 Å². The van der Waals surface area contributed by atoms with Gasteiger partial charge in [-0.1, -0.05) is 25.3 Å². The van der Waals surface area contributed by atoms with Crippen LogP contribution in [0.3, 0.4) is 0 Å². The Balaban J connectivity index is 2.40. The molecule has 0 spiro atoms. The van der Waals surface area contributed by atoms with Crippen molar-refractivity contribution in [2.45, 2.75) is 56.7 Å². The molecule has 1 aromatic carbocycles. The van der Waals surface area contributed by atoms with Crippen LogP contribution in [-0.4, -0.2) is 25.8 Å². The molecule has 0 N–H and O–H groups in total. The summed E-state index contributed by atoms with van der Waals surface area (Å²) in [5.41, 5.74) is 2.69. The number of rotatable bonds is 3. The van der Waals surface area contributed by atoms with Gasteiger partial charge in [0.05, 0.1) is 4.90 Å². The first kappa shape index (κ1) is 16.8. The van der Waals surface area contributed by atoms with Crippen LogP contribution in [0.25, 0.3) is 0 Å². The molecule has 1 aromatic rings. The average Bonchev–Trinajstić information content (AvgIpc) is 2.40. The highest BCUT2D eigenvalue weighted by Gasteiger charge is 2.27. The molecule has 1 aliphatic rings. The molecule has 1 heterocycles. The topological polar surface area (TPSA) is 37.4 Å². The van der Waals surface area contributed by atoms with E-state index in [0.29, 0.717) is 23.9 Å². The van der Waals surface area contributed by atoms with Crippen molar-refractivity contribution >= 4 is 21.6 Å². The average molecular weight is 330 g/mol. The number of hydrogen-bond acceptors (Lipinski definition) is 2. The minimum atomic E-state index is -3.41. The summed E-state index contributed by atoms with van der Waals surface area (Å²) in [4.78, 5) is 0.429. The summed E-state index contributed by atoms with van der Waals surface area (Å²) in [6.07, 6.45) is 5.35. The molecule has 1 saturated heterocycles. The van der Waals surface area contributed by atoms with Gasteiger partial charge in [0.1, 0.15) is 0 Å². The summed E-state index contributed by atoms with van der Waals surface area (Å²) in [5.74, 6) is 0.337.